The number of rotatable bonds is 5. The Labute approximate surface area is 154 Å². The maximum Gasteiger partial charge on any atom is 0.356 e. The van der Waals surface area contributed by atoms with Gasteiger partial charge >= 0.3 is 5.97 Å². The summed E-state index contributed by atoms with van der Waals surface area (Å²) in [6.07, 6.45) is 3.00. The van der Waals surface area contributed by atoms with Gasteiger partial charge < -0.3 is 5.11 Å². The average Bonchev–Trinajstić information content (AvgIpc) is 2.91. The highest BCUT2D eigenvalue weighted by atomic mass is 35.5. The predicted molar refractivity (Wildman–Crippen MR) is 95.7 cm³/mol. The number of sulfonamides is 1. The first-order chi connectivity index (χ1) is 12.3. The highest BCUT2D eigenvalue weighted by molar-refractivity contribution is 7.92. The SMILES string of the molecule is Cn1nc(-c2ccncc2)c(NS(=O)(=O)c2ccc(Cl)cc2)c1C(=O)O. The number of hydrogen-bond donors (Lipinski definition) is 2. The summed E-state index contributed by atoms with van der Waals surface area (Å²) in [5.41, 5.74) is 0.303. The Morgan fingerprint density at radius 2 is 1.77 bits per heavy atom. The van der Waals surface area contributed by atoms with Gasteiger partial charge in [0, 0.05) is 30.0 Å². The normalized spacial score (nSPS) is 11.3. The Balaban J connectivity index is 2.14. The van der Waals surface area contributed by atoms with Gasteiger partial charge in [-0.05, 0) is 36.4 Å². The molecule has 0 aliphatic rings. The lowest BCUT2D eigenvalue weighted by Crippen LogP contribution is -2.16. The van der Waals surface area contributed by atoms with Crippen LogP contribution in [-0.4, -0.2) is 34.3 Å². The van der Waals surface area contributed by atoms with Gasteiger partial charge in [0.1, 0.15) is 11.4 Å². The Kier molecular flexibility index (Phi) is 4.66. The second-order valence-corrected chi connectivity index (χ2v) is 7.42. The van der Waals surface area contributed by atoms with Gasteiger partial charge in [-0.1, -0.05) is 11.6 Å². The minimum atomic E-state index is -4.04. The first-order valence-corrected chi connectivity index (χ1v) is 9.15. The first-order valence-electron chi connectivity index (χ1n) is 7.28. The molecule has 0 bridgehead atoms. The topological polar surface area (TPSA) is 114 Å². The van der Waals surface area contributed by atoms with Gasteiger partial charge in [0.25, 0.3) is 10.0 Å². The number of nitrogens with zero attached hydrogens (tertiary/aromatic N) is 3. The number of aryl methyl sites for hydroxylation is 1. The summed E-state index contributed by atoms with van der Waals surface area (Å²) in [5, 5.41) is 14.0. The number of carboxylic acids is 1. The maximum atomic E-state index is 12.7. The van der Waals surface area contributed by atoms with Crippen molar-refractivity contribution in [2.45, 2.75) is 4.90 Å². The molecule has 26 heavy (non-hydrogen) atoms. The molecule has 3 rings (SSSR count). The van der Waals surface area contributed by atoms with E-state index in [2.05, 4.69) is 14.8 Å². The highest BCUT2D eigenvalue weighted by Gasteiger charge is 2.27. The minimum absolute atomic E-state index is 0.0530. The van der Waals surface area contributed by atoms with Crippen molar-refractivity contribution in [2.24, 2.45) is 7.05 Å². The van der Waals surface area contributed by atoms with E-state index in [1.807, 2.05) is 0 Å². The van der Waals surface area contributed by atoms with E-state index in [9.17, 15) is 18.3 Å². The molecule has 2 aromatic heterocycles. The quantitative estimate of drug-likeness (QED) is 0.689. The highest BCUT2D eigenvalue weighted by Crippen LogP contribution is 2.32. The van der Waals surface area contributed by atoms with Crippen LogP contribution in [0, 0.1) is 0 Å². The Bertz CT molecular complexity index is 1060. The van der Waals surface area contributed by atoms with Crippen molar-refractivity contribution >= 4 is 33.3 Å². The molecule has 0 saturated carbocycles. The molecule has 0 spiro atoms. The second kappa shape index (κ2) is 6.77. The molecule has 134 valence electrons. The van der Waals surface area contributed by atoms with Gasteiger partial charge in [-0.3, -0.25) is 14.4 Å². The van der Waals surface area contributed by atoms with E-state index < -0.39 is 16.0 Å². The smallest absolute Gasteiger partial charge is 0.356 e. The fraction of sp³-hybridized carbons (Fsp3) is 0.0625. The van der Waals surface area contributed by atoms with Crippen molar-refractivity contribution < 1.29 is 18.3 Å². The molecule has 10 heteroatoms. The Morgan fingerprint density at radius 1 is 1.15 bits per heavy atom. The van der Waals surface area contributed by atoms with Crippen LogP contribution in [0.4, 0.5) is 5.69 Å². The zero-order valence-corrected chi connectivity index (χ0v) is 15.0. The molecular weight excluding hydrogens is 380 g/mol. The lowest BCUT2D eigenvalue weighted by Gasteiger charge is -2.09. The zero-order chi connectivity index (χ0) is 18.9. The van der Waals surface area contributed by atoms with Crippen LogP contribution in [0.5, 0.6) is 0 Å². The van der Waals surface area contributed by atoms with E-state index in [1.54, 1.807) is 12.1 Å². The number of carboxylic acid groups (broad SMARTS) is 1. The zero-order valence-electron chi connectivity index (χ0n) is 13.4. The second-order valence-electron chi connectivity index (χ2n) is 5.30. The van der Waals surface area contributed by atoms with Crippen molar-refractivity contribution in [1.82, 2.24) is 14.8 Å². The molecule has 0 fully saturated rings. The molecule has 3 aromatic rings. The molecule has 2 N–H and O–H groups in total. The van der Waals surface area contributed by atoms with Crippen molar-refractivity contribution in [3.63, 3.8) is 0 Å². The third-order valence-corrected chi connectivity index (χ3v) is 5.18. The number of anilines is 1. The first kappa shape index (κ1) is 17.9. The van der Waals surface area contributed by atoms with Gasteiger partial charge in [-0.15, -0.1) is 0 Å². The Hall–Kier alpha value is -2.91. The van der Waals surface area contributed by atoms with E-state index in [0.717, 1.165) is 4.68 Å². The number of benzene rings is 1. The summed E-state index contributed by atoms with van der Waals surface area (Å²) in [4.78, 5) is 15.5. The molecule has 0 unspecified atom stereocenters. The fourth-order valence-electron chi connectivity index (χ4n) is 2.38. The summed E-state index contributed by atoms with van der Waals surface area (Å²) in [5.74, 6) is -1.31. The fourth-order valence-corrected chi connectivity index (χ4v) is 3.59. The van der Waals surface area contributed by atoms with E-state index in [-0.39, 0.29) is 22.0 Å². The molecule has 0 amide bonds. The van der Waals surface area contributed by atoms with E-state index in [4.69, 9.17) is 11.6 Å². The molecule has 2 heterocycles. The number of pyridine rings is 1. The number of carbonyl (C=O) groups is 1. The van der Waals surface area contributed by atoms with Gasteiger partial charge in [-0.2, -0.15) is 5.10 Å². The van der Waals surface area contributed by atoms with E-state index in [0.29, 0.717) is 10.6 Å². The van der Waals surface area contributed by atoms with Crippen LogP contribution in [0.3, 0.4) is 0 Å². The van der Waals surface area contributed by atoms with Crippen LogP contribution in [0.2, 0.25) is 5.02 Å². The number of nitrogens with one attached hydrogen (secondary N) is 1. The summed E-state index contributed by atoms with van der Waals surface area (Å²) in [7, 11) is -2.62. The van der Waals surface area contributed by atoms with E-state index >= 15 is 0 Å². The van der Waals surface area contributed by atoms with Gasteiger partial charge in [0.2, 0.25) is 0 Å². The number of aromatic nitrogens is 3. The molecule has 0 saturated heterocycles. The summed E-state index contributed by atoms with van der Waals surface area (Å²) in [6.45, 7) is 0. The lowest BCUT2D eigenvalue weighted by atomic mass is 10.1. The molecule has 0 aliphatic carbocycles. The molecule has 0 aliphatic heterocycles. The third-order valence-electron chi connectivity index (χ3n) is 3.56. The molecular formula is C16H13ClN4O4S. The largest absolute Gasteiger partial charge is 0.476 e. The van der Waals surface area contributed by atoms with Crippen LogP contribution in [0.15, 0.2) is 53.7 Å². The van der Waals surface area contributed by atoms with Crippen molar-refractivity contribution in [2.75, 3.05) is 4.72 Å². The average molecular weight is 393 g/mol. The van der Waals surface area contributed by atoms with Crippen LogP contribution in [-0.2, 0) is 17.1 Å². The maximum absolute atomic E-state index is 12.7. The summed E-state index contributed by atoms with van der Waals surface area (Å²) >= 11 is 5.79. The lowest BCUT2D eigenvalue weighted by molar-refractivity contribution is 0.0686. The number of halogens is 1. The van der Waals surface area contributed by atoms with Crippen molar-refractivity contribution in [1.29, 1.82) is 0 Å². The number of hydrogen-bond acceptors (Lipinski definition) is 5. The molecule has 1 aromatic carbocycles. The van der Waals surface area contributed by atoms with Gasteiger partial charge in [0.15, 0.2) is 5.69 Å². The van der Waals surface area contributed by atoms with Gasteiger partial charge in [0.05, 0.1) is 4.90 Å². The van der Waals surface area contributed by atoms with Crippen LogP contribution >= 0.6 is 11.6 Å². The minimum Gasteiger partial charge on any atom is -0.476 e. The standard InChI is InChI=1S/C16H13ClN4O4S/c1-21-15(16(22)23)14(13(19-21)10-6-8-18-9-7-10)20-26(24,25)12-4-2-11(17)3-5-12/h2-9,20H,1H3,(H,22,23). The number of aromatic carboxylic acids is 1. The van der Waals surface area contributed by atoms with Crippen LogP contribution in [0.1, 0.15) is 10.5 Å². The van der Waals surface area contributed by atoms with Crippen LogP contribution in [0.25, 0.3) is 11.3 Å². The Morgan fingerprint density at radius 3 is 2.35 bits per heavy atom. The predicted octanol–water partition coefficient (Wildman–Crippen LogP) is 2.63. The molecule has 0 radical (unpaired) electrons. The summed E-state index contributed by atoms with van der Waals surface area (Å²) < 4.78 is 28.8. The van der Waals surface area contributed by atoms with Crippen molar-refractivity contribution in [3.05, 3.63) is 59.5 Å². The summed E-state index contributed by atoms with van der Waals surface area (Å²) in [6, 6.07) is 8.73. The third kappa shape index (κ3) is 3.39. The van der Waals surface area contributed by atoms with Gasteiger partial charge in [-0.25, -0.2) is 13.2 Å². The monoisotopic (exact) mass is 392 g/mol. The molecule has 0 atom stereocenters. The van der Waals surface area contributed by atoms with Crippen LogP contribution < -0.4 is 4.72 Å². The van der Waals surface area contributed by atoms with Crippen molar-refractivity contribution in [3.8, 4) is 11.3 Å². The van der Waals surface area contributed by atoms with E-state index in [1.165, 1.54) is 43.7 Å². The molecule has 8 nitrogen and oxygen atoms in total.